The highest BCUT2D eigenvalue weighted by molar-refractivity contribution is 5.71. The molecule has 1 aromatic heterocycles. The minimum atomic E-state index is -0.734. The largest absolute Gasteiger partial charge is 0.481 e. The highest BCUT2D eigenvalue weighted by Gasteiger charge is 2.33. The van der Waals surface area contributed by atoms with Gasteiger partial charge in [0.1, 0.15) is 0 Å². The van der Waals surface area contributed by atoms with Gasteiger partial charge >= 0.3 is 5.97 Å². The Morgan fingerprint density at radius 1 is 1.47 bits per heavy atom. The number of aliphatic carboxylic acids is 1. The Morgan fingerprint density at radius 3 is 2.59 bits per heavy atom. The summed E-state index contributed by atoms with van der Waals surface area (Å²) < 4.78 is 5.54. The molecule has 0 saturated carbocycles. The summed E-state index contributed by atoms with van der Waals surface area (Å²) in [5.41, 5.74) is -0.149. The number of nitrogens with zero attached hydrogens (tertiary/aromatic N) is 3. The normalized spacial score (nSPS) is 18.1. The van der Waals surface area contributed by atoms with Crippen LogP contribution in [0.5, 0.6) is 0 Å². The molecule has 17 heavy (non-hydrogen) atoms. The van der Waals surface area contributed by atoms with Gasteiger partial charge in [-0.25, -0.2) is 0 Å². The van der Waals surface area contributed by atoms with Crippen molar-refractivity contribution >= 4 is 5.97 Å². The molecule has 2 rings (SSSR count). The molecule has 0 aliphatic carbocycles. The number of hydrogen-bond donors (Lipinski definition) is 1. The minimum absolute atomic E-state index is 0.149. The highest BCUT2D eigenvalue weighted by Crippen LogP contribution is 2.22. The van der Waals surface area contributed by atoms with Gasteiger partial charge in [-0.1, -0.05) is 20.8 Å². The van der Waals surface area contributed by atoms with Crippen LogP contribution in [0.25, 0.3) is 0 Å². The lowest BCUT2D eigenvalue weighted by Crippen LogP contribution is -2.49. The second-order valence-electron chi connectivity index (χ2n) is 5.48. The van der Waals surface area contributed by atoms with Crippen molar-refractivity contribution in [3.63, 3.8) is 0 Å². The van der Waals surface area contributed by atoms with Gasteiger partial charge in [-0.05, 0) is 0 Å². The summed E-state index contributed by atoms with van der Waals surface area (Å²) >= 11 is 0. The van der Waals surface area contributed by atoms with Crippen LogP contribution in [-0.2, 0) is 16.8 Å². The fraction of sp³-hybridized carbons (Fsp3) is 0.727. The summed E-state index contributed by atoms with van der Waals surface area (Å²) in [5.74, 6) is 0.184. The summed E-state index contributed by atoms with van der Waals surface area (Å²) in [6.45, 7) is 7.68. The molecule has 1 fully saturated rings. The van der Waals surface area contributed by atoms with Gasteiger partial charge in [0.25, 0.3) is 0 Å². The van der Waals surface area contributed by atoms with Crippen LogP contribution in [0.4, 0.5) is 0 Å². The molecule has 0 radical (unpaired) electrons. The average molecular weight is 239 g/mol. The number of aromatic nitrogens is 2. The zero-order chi connectivity index (χ0) is 12.6. The molecule has 0 unspecified atom stereocenters. The second kappa shape index (κ2) is 4.10. The Labute approximate surface area is 99.6 Å². The number of carboxylic acid groups (broad SMARTS) is 1. The number of rotatable bonds is 3. The van der Waals surface area contributed by atoms with Gasteiger partial charge in [0, 0.05) is 18.5 Å². The Balaban J connectivity index is 1.89. The Kier molecular flexibility index (Phi) is 2.91. The van der Waals surface area contributed by atoms with E-state index in [4.69, 9.17) is 9.52 Å². The topological polar surface area (TPSA) is 79.5 Å². The highest BCUT2D eigenvalue weighted by atomic mass is 16.4. The van der Waals surface area contributed by atoms with Gasteiger partial charge in [0.15, 0.2) is 0 Å². The summed E-state index contributed by atoms with van der Waals surface area (Å²) in [7, 11) is 0. The van der Waals surface area contributed by atoms with E-state index in [0.717, 1.165) is 0 Å². The minimum Gasteiger partial charge on any atom is -0.481 e. The lowest BCUT2D eigenvalue weighted by Gasteiger charge is -2.35. The fourth-order valence-corrected chi connectivity index (χ4v) is 1.67. The van der Waals surface area contributed by atoms with E-state index < -0.39 is 5.97 Å². The maximum Gasteiger partial charge on any atom is 0.309 e. The van der Waals surface area contributed by atoms with Crippen LogP contribution in [0.15, 0.2) is 4.42 Å². The van der Waals surface area contributed by atoms with Crippen molar-refractivity contribution < 1.29 is 14.3 Å². The zero-order valence-electron chi connectivity index (χ0n) is 10.3. The summed E-state index contributed by atoms with van der Waals surface area (Å²) in [4.78, 5) is 12.6. The van der Waals surface area contributed by atoms with Crippen LogP contribution in [0.3, 0.4) is 0 Å². The Hall–Kier alpha value is -1.43. The third-order valence-electron chi connectivity index (χ3n) is 2.77. The SMILES string of the molecule is CC(C)(C)c1nnc(CN2CC(C(=O)O)C2)o1. The predicted octanol–water partition coefficient (Wildman–Crippen LogP) is 0.883. The smallest absolute Gasteiger partial charge is 0.309 e. The molecule has 1 aromatic rings. The van der Waals surface area contributed by atoms with E-state index in [-0.39, 0.29) is 11.3 Å². The van der Waals surface area contributed by atoms with Gasteiger partial charge in [-0.15, -0.1) is 10.2 Å². The third-order valence-corrected chi connectivity index (χ3v) is 2.77. The van der Waals surface area contributed by atoms with Gasteiger partial charge in [0.05, 0.1) is 12.5 Å². The molecule has 0 amide bonds. The van der Waals surface area contributed by atoms with Crippen molar-refractivity contribution in [2.75, 3.05) is 13.1 Å². The molecular weight excluding hydrogens is 222 g/mol. The maximum absolute atomic E-state index is 10.6. The van der Waals surface area contributed by atoms with E-state index in [1.165, 1.54) is 0 Å². The van der Waals surface area contributed by atoms with Crippen molar-refractivity contribution in [2.24, 2.45) is 5.92 Å². The van der Waals surface area contributed by atoms with Crippen LogP contribution >= 0.6 is 0 Å². The van der Waals surface area contributed by atoms with Crippen LogP contribution in [-0.4, -0.2) is 39.3 Å². The van der Waals surface area contributed by atoms with Gasteiger partial charge in [0.2, 0.25) is 11.8 Å². The average Bonchev–Trinajstić information content (AvgIpc) is 2.57. The molecule has 6 heteroatoms. The first-order valence-electron chi connectivity index (χ1n) is 5.64. The summed E-state index contributed by atoms with van der Waals surface area (Å²) in [5, 5.41) is 16.7. The molecule has 1 N–H and O–H groups in total. The quantitative estimate of drug-likeness (QED) is 0.843. The zero-order valence-corrected chi connectivity index (χ0v) is 10.3. The van der Waals surface area contributed by atoms with Crippen molar-refractivity contribution in [2.45, 2.75) is 32.7 Å². The first kappa shape index (κ1) is 12.0. The van der Waals surface area contributed by atoms with Crippen molar-refractivity contribution in [1.82, 2.24) is 15.1 Å². The Bertz CT molecular complexity index is 416. The second-order valence-corrected chi connectivity index (χ2v) is 5.48. The lowest BCUT2D eigenvalue weighted by atomic mass is 9.97. The van der Waals surface area contributed by atoms with Gasteiger partial charge < -0.3 is 9.52 Å². The van der Waals surface area contributed by atoms with E-state index in [2.05, 4.69) is 10.2 Å². The number of hydrogen-bond acceptors (Lipinski definition) is 5. The molecule has 1 saturated heterocycles. The molecule has 0 atom stereocenters. The van der Waals surface area contributed by atoms with Gasteiger partial charge in [-0.3, -0.25) is 9.69 Å². The van der Waals surface area contributed by atoms with Crippen LogP contribution in [0.1, 0.15) is 32.6 Å². The number of likely N-dealkylation sites (tertiary alicyclic amines) is 1. The van der Waals surface area contributed by atoms with Crippen LogP contribution in [0, 0.1) is 5.92 Å². The van der Waals surface area contributed by atoms with Gasteiger partial charge in [-0.2, -0.15) is 0 Å². The third kappa shape index (κ3) is 2.63. The molecule has 0 aromatic carbocycles. The molecule has 1 aliphatic heterocycles. The first-order chi connectivity index (χ1) is 7.86. The van der Waals surface area contributed by atoms with Crippen molar-refractivity contribution in [3.05, 3.63) is 11.8 Å². The monoisotopic (exact) mass is 239 g/mol. The van der Waals surface area contributed by atoms with E-state index in [1.54, 1.807) is 0 Å². The van der Waals surface area contributed by atoms with Crippen molar-refractivity contribution in [1.29, 1.82) is 0 Å². The molecule has 94 valence electrons. The number of carboxylic acids is 1. The molecule has 1 aliphatic rings. The van der Waals surface area contributed by atoms with E-state index in [0.29, 0.717) is 31.4 Å². The Morgan fingerprint density at radius 2 is 2.12 bits per heavy atom. The van der Waals surface area contributed by atoms with Crippen LogP contribution in [0.2, 0.25) is 0 Å². The predicted molar refractivity (Wildman–Crippen MR) is 59.4 cm³/mol. The molecule has 0 bridgehead atoms. The summed E-state index contributed by atoms with van der Waals surface area (Å²) in [6.07, 6.45) is 0. The van der Waals surface area contributed by atoms with E-state index in [1.807, 2.05) is 25.7 Å². The van der Waals surface area contributed by atoms with Crippen molar-refractivity contribution in [3.8, 4) is 0 Å². The van der Waals surface area contributed by atoms with E-state index in [9.17, 15) is 4.79 Å². The number of carbonyl (C=O) groups is 1. The standard InChI is InChI=1S/C11H17N3O3/c1-11(2,3)10-13-12-8(17-10)6-14-4-7(5-14)9(15)16/h7H,4-6H2,1-3H3,(H,15,16). The fourth-order valence-electron chi connectivity index (χ4n) is 1.67. The molecule has 0 spiro atoms. The summed E-state index contributed by atoms with van der Waals surface area (Å²) in [6, 6.07) is 0. The maximum atomic E-state index is 10.6. The molecule has 6 nitrogen and oxygen atoms in total. The molecular formula is C11H17N3O3. The van der Waals surface area contributed by atoms with Crippen LogP contribution < -0.4 is 0 Å². The first-order valence-corrected chi connectivity index (χ1v) is 5.64. The molecule has 2 heterocycles. The van der Waals surface area contributed by atoms with E-state index >= 15 is 0 Å². The lowest BCUT2D eigenvalue weighted by molar-refractivity contribution is -0.147.